The zero-order valence-corrected chi connectivity index (χ0v) is 16.2. The van der Waals surface area contributed by atoms with Gasteiger partial charge in [-0.1, -0.05) is 19.3 Å². The summed E-state index contributed by atoms with van der Waals surface area (Å²) in [7, 11) is 3.30. The van der Waals surface area contributed by atoms with Crippen molar-refractivity contribution in [2.75, 3.05) is 27.4 Å². The van der Waals surface area contributed by atoms with Crippen LogP contribution in [0.4, 0.5) is 0 Å². The van der Waals surface area contributed by atoms with Gasteiger partial charge in [0.05, 0.1) is 20.3 Å². The maximum Gasteiger partial charge on any atom is 0.157 e. The third-order valence-electron chi connectivity index (χ3n) is 4.82. The third-order valence-corrected chi connectivity index (χ3v) is 4.82. The zero-order valence-electron chi connectivity index (χ0n) is 16.2. The van der Waals surface area contributed by atoms with Gasteiger partial charge in [-0.2, -0.15) is 0 Å². The molecule has 0 amide bonds. The summed E-state index contributed by atoms with van der Waals surface area (Å²) >= 11 is 0. The van der Waals surface area contributed by atoms with Crippen LogP contribution in [0.3, 0.4) is 0 Å². The van der Waals surface area contributed by atoms with Gasteiger partial charge in [0.25, 0.3) is 0 Å². The summed E-state index contributed by atoms with van der Waals surface area (Å²) in [5.74, 6) is 1.59. The predicted octanol–water partition coefficient (Wildman–Crippen LogP) is 4.10. The number of rotatable bonds is 12. The van der Waals surface area contributed by atoms with Crippen molar-refractivity contribution >= 4 is 0 Å². The van der Waals surface area contributed by atoms with Crippen LogP contribution < -0.4 is 9.47 Å². The van der Waals surface area contributed by atoms with Crippen molar-refractivity contribution in [1.82, 2.24) is 0 Å². The number of ether oxygens (including phenoxy) is 4. The number of aliphatic hydroxyl groups is 1. The van der Waals surface area contributed by atoms with Crippen LogP contribution in [-0.4, -0.2) is 44.9 Å². The van der Waals surface area contributed by atoms with Crippen LogP contribution in [0, 0.1) is 0 Å². The van der Waals surface area contributed by atoms with Crippen LogP contribution in [0.1, 0.15) is 56.9 Å². The molecule has 1 unspecified atom stereocenters. The van der Waals surface area contributed by atoms with E-state index in [0.717, 1.165) is 75.2 Å². The molecular weight excluding hydrogens is 332 g/mol. The second-order valence-electron chi connectivity index (χ2n) is 6.91. The topological polar surface area (TPSA) is 57.2 Å². The highest BCUT2D eigenvalue weighted by atomic mass is 16.7. The van der Waals surface area contributed by atoms with Gasteiger partial charge in [-0.15, -0.1) is 0 Å². The molecule has 1 fully saturated rings. The summed E-state index contributed by atoms with van der Waals surface area (Å²) in [6, 6.07) is 5.69. The fraction of sp³-hybridized carbons (Fsp3) is 0.714. The van der Waals surface area contributed by atoms with Crippen LogP contribution in [-0.2, 0) is 15.9 Å². The van der Waals surface area contributed by atoms with Gasteiger partial charge in [0, 0.05) is 25.2 Å². The largest absolute Gasteiger partial charge is 0.497 e. The van der Waals surface area contributed by atoms with Gasteiger partial charge < -0.3 is 24.1 Å². The number of methoxy groups -OCH3 is 2. The van der Waals surface area contributed by atoms with E-state index < -0.39 is 0 Å². The Labute approximate surface area is 157 Å². The van der Waals surface area contributed by atoms with Gasteiger partial charge in [-0.3, -0.25) is 0 Å². The molecule has 0 aromatic heterocycles. The summed E-state index contributed by atoms with van der Waals surface area (Å²) in [6.07, 6.45) is 8.75. The fourth-order valence-corrected chi connectivity index (χ4v) is 3.29. The molecular formula is C21H34O5. The molecule has 2 atom stereocenters. The minimum atomic E-state index is -0.358. The van der Waals surface area contributed by atoms with Crippen molar-refractivity contribution in [2.45, 2.75) is 70.2 Å². The lowest BCUT2D eigenvalue weighted by Crippen LogP contribution is -2.22. The average molecular weight is 366 g/mol. The van der Waals surface area contributed by atoms with E-state index in [2.05, 4.69) is 0 Å². The maximum atomic E-state index is 10.3. The number of hydrogen-bond donors (Lipinski definition) is 1. The molecule has 26 heavy (non-hydrogen) atoms. The Morgan fingerprint density at radius 2 is 1.96 bits per heavy atom. The van der Waals surface area contributed by atoms with Crippen molar-refractivity contribution in [3.63, 3.8) is 0 Å². The minimum absolute atomic E-state index is 0.0171. The van der Waals surface area contributed by atoms with E-state index in [1.165, 1.54) is 6.42 Å². The molecule has 148 valence electrons. The number of benzene rings is 1. The van der Waals surface area contributed by atoms with Crippen molar-refractivity contribution in [1.29, 1.82) is 0 Å². The molecule has 1 aliphatic rings. The van der Waals surface area contributed by atoms with E-state index >= 15 is 0 Å². The monoisotopic (exact) mass is 366 g/mol. The van der Waals surface area contributed by atoms with Crippen molar-refractivity contribution in [3.05, 3.63) is 23.8 Å². The second kappa shape index (κ2) is 12.2. The van der Waals surface area contributed by atoms with Crippen molar-refractivity contribution < 1.29 is 24.1 Å². The Balaban J connectivity index is 1.56. The number of hydrogen-bond acceptors (Lipinski definition) is 5. The molecule has 0 spiro atoms. The molecule has 1 heterocycles. The van der Waals surface area contributed by atoms with Gasteiger partial charge in [-0.25, -0.2) is 0 Å². The second-order valence-corrected chi connectivity index (χ2v) is 6.91. The Kier molecular flexibility index (Phi) is 9.82. The first-order valence-corrected chi connectivity index (χ1v) is 9.85. The molecule has 0 aliphatic carbocycles. The van der Waals surface area contributed by atoms with Gasteiger partial charge in [-0.05, 0) is 50.3 Å². The summed E-state index contributed by atoms with van der Waals surface area (Å²) in [6.45, 7) is 1.61. The predicted molar refractivity (Wildman–Crippen MR) is 102 cm³/mol. The molecule has 1 saturated heterocycles. The van der Waals surface area contributed by atoms with E-state index in [0.29, 0.717) is 6.42 Å². The molecule has 1 N–H and O–H groups in total. The first-order chi connectivity index (χ1) is 12.7. The Bertz CT molecular complexity index is 499. The van der Waals surface area contributed by atoms with Crippen LogP contribution in [0.5, 0.6) is 11.5 Å². The summed E-state index contributed by atoms with van der Waals surface area (Å²) in [4.78, 5) is 0. The lowest BCUT2D eigenvalue weighted by molar-refractivity contribution is -0.162. The third kappa shape index (κ3) is 7.52. The van der Waals surface area contributed by atoms with Crippen LogP contribution in [0.15, 0.2) is 18.2 Å². The van der Waals surface area contributed by atoms with E-state index in [-0.39, 0.29) is 12.4 Å². The number of unbranched alkanes of at least 4 members (excludes halogenated alkanes) is 3. The summed E-state index contributed by atoms with van der Waals surface area (Å²) in [5, 5.41) is 10.3. The maximum absolute atomic E-state index is 10.3. The van der Waals surface area contributed by atoms with Gasteiger partial charge >= 0.3 is 0 Å². The number of aliphatic hydroxyl groups excluding tert-OH is 1. The highest BCUT2D eigenvalue weighted by Crippen LogP contribution is 2.26. The SMILES string of the molecule is COc1ccc(OC)c(C[C@H](O)CCCCCCOC2CCCCO2)c1. The van der Waals surface area contributed by atoms with Gasteiger partial charge in [0.15, 0.2) is 6.29 Å². The quantitative estimate of drug-likeness (QED) is 0.564. The molecule has 1 aromatic carbocycles. The average Bonchev–Trinajstić information content (AvgIpc) is 2.68. The summed E-state index contributed by atoms with van der Waals surface area (Å²) < 4.78 is 21.9. The molecule has 0 saturated carbocycles. The van der Waals surface area contributed by atoms with Crippen molar-refractivity contribution in [2.24, 2.45) is 0 Å². The molecule has 1 aliphatic heterocycles. The van der Waals surface area contributed by atoms with E-state index in [1.54, 1.807) is 14.2 Å². The normalized spacial score (nSPS) is 18.5. The molecule has 5 heteroatoms. The highest BCUT2D eigenvalue weighted by Gasteiger charge is 2.13. The lowest BCUT2D eigenvalue weighted by atomic mass is 10.0. The zero-order chi connectivity index (χ0) is 18.6. The van der Waals surface area contributed by atoms with Crippen molar-refractivity contribution in [3.8, 4) is 11.5 Å². The first-order valence-electron chi connectivity index (χ1n) is 9.85. The van der Waals surface area contributed by atoms with E-state index in [4.69, 9.17) is 18.9 Å². The Hall–Kier alpha value is -1.30. The molecule has 0 radical (unpaired) electrons. The minimum Gasteiger partial charge on any atom is -0.497 e. The van der Waals surface area contributed by atoms with E-state index in [1.807, 2.05) is 18.2 Å². The Morgan fingerprint density at radius 1 is 1.12 bits per heavy atom. The molecule has 5 nitrogen and oxygen atoms in total. The van der Waals surface area contributed by atoms with Gasteiger partial charge in [0.1, 0.15) is 11.5 Å². The molecule has 2 rings (SSSR count). The van der Waals surface area contributed by atoms with Crippen LogP contribution >= 0.6 is 0 Å². The fourth-order valence-electron chi connectivity index (χ4n) is 3.29. The smallest absolute Gasteiger partial charge is 0.157 e. The lowest BCUT2D eigenvalue weighted by Gasteiger charge is -2.22. The Morgan fingerprint density at radius 3 is 2.69 bits per heavy atom. The standard InChI is InChI=1S/C21H34O5/c1-23-19-11-12-20(24-2)17(16-19)15-18(22)9-5-3-4-7-13-25-21-10-6-8-14-26-21/h11-12,16,18,21-22H,3-10,13-15H2,1-2H3/t18-,21?/m1/s1. The first kappa shape index (κ1) is 21.0. The van der Waals surface area contributed by atoms with Gasteiger partial charge in [0.2, 0.25) is 0 Å². The molecule has 1 aromatic rings. The highest BCUT2D eigenvalue weighted by molar-refractivity contribution is 5.40. The molecule has 0 bridgehead atoms. The van der Waals surface area contributed by atoms with Crippen LogP contribution in [0.25, 0.3) is 0 Å². The van der Waals surface area contributed by atoms with E-state index in [9.17, 15) is 5.11 Å². The summed E-state index contributed by atoms with van der Waals surface area (Å²) in [5.41, 5.74) is 0.986. The van der Waals surface area contributed by atoms with Crippen LogP contribution in [0.2, 0.25) is 0 Å².